The van der Waals surface area contributed by atoms with Crippen molar-refractivity contribution in [3.8, 4) is 0 Å². The molecule has 0 aliphatic rings. The largest absolute Gasteiger partial charge is 0.258 e. The van der Waals surface area contributed by atoms with Crippen molar-refractivity contribution in [2.75, 3.05) is 5.75 Å². The summed E-state index contributed by atoms with van der Waals surface area (Å²) in [6.45, 7) is 9.16. The molecular formula is C6H11NS2. The molecule has 0 spiro atoms. The maximum Gasteiger partial charge on any atom is 0.0986 e. The van der Waals surface area contributed by atoms with Crippen molar-refractivity contribution >= 4 is 28.3 Å². The summed E-state index contributed by atoms with van der Waals surface area (Å²) in [7, 11) is 3.36. The van der Waals surface area contributed by atoms with Crippen LogP contribution in [-0.4, -0.2) is 12.5 Å². The molecule has 0 aromatic rings. The molecule has 0 aliphatic carbocycles. The van der Waals surface area contributed by atoms with Crippen LogP contribution in [0.4, 0.5) is 0 Å². The molecule has 0 N–H and O–H groups in total. The third-order valence-electron chi connectivity index (χ3n) is 0.619. The van der Waals surface area contributed by atoms with Crippen LogP contribution in [-0.2, 0) is 0 Å². The van der Waals surface area contributed by atoms with Gasteiger partial charge in [-0.25, -0.2) is 0 Å². The Bertz CT molecular complexity index is 101. The number of nitrogens with zero attached hydrogens (tertiary/aromatic N) is 1. The van der Waals surface area contributed by atoms with Crippen LogP contribution in [0.5, 0.6) is 0 Å². The highest BCUT2D eigenvalue weighted by atomic mass is 33.1. The molecule has 0 heterocycles. The summed E-state index contributed by atoms with van der Waals surface area (Å²) >= 11 is 0. The summed E-state index contributed by atoms with van der Waals surface area (Å²) in [4.78, 5) is 3.66. The summed E-state index contributed by atoms with van der Waals surface area (Å²) in [5.74, 6) is 1.15. The lowest BCUT2D eigenvalue weighted by atomic mass is 10.6. The van der Waals surface area contributed by atoms with Crippen LogP contribution in [0.25, 0.3) is 0 Å². The second-order valence-corrected chi connectivity index (χ2v) is 3.95. The lowest BCUT2D eigenvalue weighted by Crippen LogP contribution is -1.67. The highest BCUT2D eigenvalue weighted by molar-refractivity contribution is 8.78. The predicted molar refractivity (Wildman–Crippen MR) is 49.0 cm³/mol. The molecule has 0 unspecified atom stereocenters. The van der Waals surface area contributed by atoms with E-state index in [1.165, 1.54) is 6.42 Å². The van der Waals surface area contributed by atoms with Crippen molar-refractivity contribution in [3.05, 3.63) is 11.6 Å². The number of hydrogen-bond acceptors (Lipinski definition) is 3. The van der Waals surface area contributed by atoms with Gasteiger partial charge in [-0.05, 0) is 23.9 Å². The van der Waals surface area contributed by atoms with E-state index in [-0.39, 0.29) is 0 Å². The van der Waals surface area contributed by atoms with E-state index in [9.17, 15) is 0 Å². The van der Waals surface area contributed by atoms with E-state index in [0.29, 0.717) is 0 Å². The molecule has 0 bridgehead atoms. The highest BCUT2D eigenvalue weighted by Gasteiger charge is 1.88. The Labute approximate surface area is 64.4 Å². The van der Waals surface area contributed by atoms with Crippen molar-refractivity contribution in [2.24, 2.45) is 4.99 Å². The zero-order valence-corrected chi connectivity index (χ0v) is 7.23. The third-order valence-corrected chi connectivity index (χ3v) is 3.06. The minimum Gasteiger partial charge on any atom is -0.258 e. The molecule has 0 radical (unpaired) electrons. The minimum absolute atomic E-state index is 0.799. The topological polar surface area (TPSA) is 12.4 Å². The number of rotatable bonds is 5. The van der Waals surface area contributed by atoms with Crippen LogP contribution in [0.15, 0.2) is 16.6 Å². The second kappa shape index (κ2) is 6.23. The van der Waals surface area contributed by atoms with Gasteiger partial charge in [0.1, 0.15) is 0 Å². The zero-order valence-electron chi connectivity index (χ0n) is 5.59. The molecule has 3 heteroatoms. The summed E-state index contributed by atoms with van der Waals surface area (Å²) in [6, 6.07) is 0. The summed E-state index contributed by atoms with van der Waals surface area (Å²) in [5, 5.41) is 0.799. The van der Waals surface area contributed by atoms with Gasteiger partial charge in [0, 0.05) is 5.75 Å². The lowest BCUT2D eigenvalue weighted by molar-refractivity contribution is 1.11. The van der Waals surface area contributed by atoms with Gasteiger partial charge >= 0.3 is 0 Å². The van der Waals surface area contributed by atoms with Gasteiger partial charge in [0.15, 0.2) is 0 Å². The Kier molecular flexibility index (Phi) is 6.31. The molecule has 1 nitrogen and oxygen atoms in total. The first-order valence-electron chi connectivity index (χ1n) is 2.76. The first-order chi connectivity index (χ1) is 4.31. The van der Waals surface area contributed by atoms with E-state index in [4.69, 9.17) is 0 Å². The molecule has 52 valence electrons. The normalized spacial score (nSPS) is 9.00. The fourth-order valence-corrected chi connectivity index (χ4v) is 1.97. The summed E-state index contributed by atoms with van der Waals surface area (Å²) in [6.07, 6.45) is 1.20. The molecule has 0 amide bonds. The molecule has 0 atom stereocenters. The van der Waals surface area contributed by atoms with E-state index in [0.717, 1.165) is 10.8 Å². The fraction of sp³-hybridized carbons (Fsp3) is 0.500. The minimum atomic E-state index is 0.799. The Morgan fingerprint density at radius 3 is 2.78 bits per heavy atom. The van der Waals surface area contributed by atoms with Crippen LogP contribution >= 0.6 is 21.6 Å². The van der Waals surface area contributed by atoms with Gasteiger partial charge in [0.05, 0.1) is 5.03 Å². The van der Waals surface area contributed by atoms with Crippen LogP contribution in [0, 0.1) is 0 Å². The SMILES string of the molecule is C=NC(=C)SSCCC. The Morgan fingerprint density at radius 2 is 2.33 bits per heavy atom. The van der Waals surface area contributed by atoms with Crippen LogP contribution < -0.4 is 0 Å². The molecule has 9 heavy (non-hydrogen) atoms. The van der Waals surface area contributed by atoms with Gasteiger partial charge in [-0.1, -0.05) is 24.3 Å². The van der Waals surface area contributed by atoms with E-state index in [1.54, 1.807) is 21.6 Å². The Hall–Kier alpha value is 0.110. The van der Waals surface area contributed by atoms with Gasteiger partial charge < -0.3 is 0 Å². The molecular weight excluding hydrogens is 150 g/mol. The highest BCUT2D eigenvalue weighted by Crippen LogP contribution is 2.29. The van der Waals surface area contributed by atoms with E-state index in [2.05, 4.69) is 25.2 Å². The quantitative estimate of drug-likeness (QED) is 0.349. The maximum absolute atomic E-state index is 3.66. The molecule has 0 saturated heterocycles. The second-order valence-electron chi connectivity index (χ2n) is 1.46. The van der Waals surface area contributed by atoms with Gasteiger partial charge in [0.25, 0.3) is 0 Å². The van der Waals surface area contributed by atoms with Crippen molar-refractivity contribution in [3.63, 3.8) is 0 Å². The van der Waals surface area contributed by atoms with Gasteiger partial charge in [-0.2, -0.15) is 0 Å². The first-order valence-corrected chi connectivity index (χ1v) is 5.08. The van der Waals surface area contributed by atoms with E-state index in [1.807, 2.05) is 0 Å². The smallest absolute Gasteiger partial charge is 0.0986 e. The Balaban J connectivity index is 3.07. The predicted octanol–water partition coefficient (Wildman–Crippen LogP) is 2.95. The van der Waals surface area contributed by atoms with Gasteiger partial charge in [0.2, 0.25) is 0 Å². The van der Waals surface area contributed by atoms with E-state index < -0.39 is 0 Å². The Morgan fingerprint density at radius 1 is 1.67 bits per heavy atom. The summed E-state index contributed by atoms with van der Waals surface area (Å²) < 4.78 is 0. The first kappa shape index (κ1) is 9.11. The lowest BCUT2D eigenvalue weighted by Gasteiger charge is -1.94. The molecule has 0 fully saturated rings. The van der Waals surface area contributed by atoms with Gasteiger partial charge in [-0.15, -0.1) is 0 Å². The third kappa shape index (κ3) is 5.99. The van der Waals surface area contributed by atoms with Crippen LogP contribution in [0.3, 0.4) is 0 Å². The number of aliphatic imine (C=N–C) groups is 1. The van der Waals surface area contributed by atoms with Crippen molar-refractivity contribution in [2.45, 2.75) is 13.3 Å². The molecule has 0 aromatic carbocycles. The van der Waals surface area contributed by atoms with Crippen LogP contribution in [0.1, 0.15) is 13.3 Å². The van der Waals surface area contributed by atoms with Crippen molar-refractivity contribution in [1.82, 2.24) is 0 Å². The molecule has 0 saturated carbocycles. The molecule has 0 aliphatic heterocycles. The molecule has 0 rings (SSSR count). The van der Waals surface area contributed by atoms with E-state index >= 15 is 0 Å². The average Bonchev–Trinajstić information content (AvgIpc) is 1.89. The molecule has 0 aromatic heterocycles. The number of hydrogen-bond donors (Lipinski definition) is 0. The summed E-state index contributed by atoms with van der Waals surface area (Å²) in [5.41, 5.74) is 0. The van der Waals surface area contributed by atoms with Crippen molar-refractivity contribution in [1.29, 1.82) is 0 Å². The standard InChI is InChI=1S/C6H11NS2/c1-4-5-8-9-6(2)7-3/h2-5H2,1H3. The van der Waals surface area contributed by atoms with Crippen molar-refractivity contribution < 1.29 is 0 Å². The van der Waals surface area contributed by atoms with Crippen LogP contribution in [0.2, 0.25) is 0 Å². The zero-order chi connectivity index (χ0) is 7.11. The fourth-order valence-electron chi connectivity index (χ4n) is 0.219. The van der Waals surface area contributed by atoms with Gasteiger partial charge in [-0.3, -0.25) is 4.99 Å². The maximum atomic E-state index is 3.66. The average molecular weight is 161 g/mol. The monoisotopic (exact) mass is 161 g/mol.